The van der Waals surface area contributed by atoms with Crippen LogP contribution in [0.1, 0.15) is 24.4 Å². The average Bonchev–Trinajstić information content (AvgIpc) is 2.96. The Morgan fingerprint density at radius 2 is 2.10 bits per heavy atom. The molecule has 0 aliphatic rings. The van der Waals surface area contributed by atoms with Gasteiger partial charge in [0.2, 0.25) is 0 Å². The van der Waals surface area contributed by atoms with E-state index in [1.807, 2.05) is 36.6 Å². The summed E-state index contributed by atoms with van der Waals surface area (Å²) in [6.07, 6.45) is 1.69. The van der Waals surface area contributed by atoms with E-state index in [1.54, 1.807) is 20.0 Å². The van der Waals surface area contributed by atoms with Gasteiger partial charge in [-0.25, -0.2) is 9.78 Å². The monoisotopic (exact) mass is 290 g/mol. The van der Waals surface area contributed by atoms with Gasteiger partial charge in [0.25, 0.3) is 0 Å². The largest absolute Gasteiger partial charge is 0.464 e. The highest BCUT2D eigenvalue weighted by Crippen LogP contribution is 2.29. The van der Waals surface area contributed by atoms with Crippen molar-refractivity contribution in [3.05, 3.63) is 46.4 Å². The summed E-state index contributed by atoms with van der Waals surface area (Å²) in [5.41, 5.74) is 1.06. The molecule has 0 saturated heterocycles. The molecule has 0 fully saturated rings. The van der Waals surface area contributed by atoms with Crippen molar-refractivity contribution in [2.75, 3.05) is 11.9 Å². The Hall–Kier alpha value is -1.88. The molecule has 0 aliphatic carbocycles. The van der Waals surface area contributed by atoms with E-state index in [0.717, 1.165) is 5.69 Å². The zero-order chi connectivity index (χ0) is 14.6. The zero-order valence-electron chi connectivity index (χ0n) is 11.8. The van der Waals surface area contributed by atoms with Gasteiger partial charge in [-0.1, -0.05) is 17.7 Å². The van der Waals surface area contributed by atoms with Gasteiger partial charge < -0.3 is 10.1 Å². The number of hydrogen-bond acceptors (Lipinski definition) is 5. The minimum Gasteiger partial charge on any atom is -0.464 e. The number of thiazole rings is 1. The third-order valence-corrected chi connectivity index (χ3v) is 3.98. The first-order valence-corrected chi connectivity index (χ1v) is 7.36. The van der Waals surface area contributed by atoms with Crippen LogP contribution in [0.15, 0.2) is 35.8 Å². The fourth-order valence-corrected chi connectivity index (χ4v) is 2.61. The van der Waals surface area contributed by atoms with Crippen LogP contribution in [-0.4, -0.2) is 17.6 Å². The number of ether oxygens (including phenoxy) is 1. The quantitative estimate of drug-likeness (QED) is 0.858. The third-order valence-electron chi connectivity index (χ3n) is 2.99. The summed E-state index contributed by atoms with van der Waals surface area (Å²) in [7, 11) is 0. The number of nitrogens with one attached hydrogen (secondary N) is 1. The molecule has 1 unspecified atom stereocenters. The molecule has 20 heavy (non-hydrogen) atoms. The second-order valence-electron chi connectivity index (χ2n) is 4.67. The Morgan fingerprint density at radius 1 is 1.40 bits per heavy atom. The molecule has 1 aromatic carbocycles. The maximum absolute atomic E-state index is 12.3. The molecule has 1 aromatic heterocycles. The molecule has 2 aromatic rings. The Balaban J connectivity index is 2.32. The molecule has 0 amide bonds. The van der Waals surface area contributed by atoms with Crippen LogP contribution in [0.2, 0.25) is 0 Å². The van der Waals surface area contributed by atoms with Crippen LogP contribution in [0.25, 0.3) is 0 Å². The van der Waals surface area contributed by atoms with Crippen molar-refractivity contribution in [1.82, 2.24) is 4.98 Å². The highest BCUT2D eigenvalue weighted by atomic mass is 32.1. The number of esters is 1. The van der Waals surface area contributed by atoms with Crippen LogP contribution in [0.5, 0.6) is 0 Å². The molecular formula is C15H18N2O2S. The molecule has 1 N–H and O–H groups in total. The normalized spacial score (nSPS) is 13.6. The Labute approximate surface area is 122 Å². The summed E-state index contributed by atoms with van der Waals surface area (Å²) in [6, 6.07) is 7.88. The lowest BCUT2D eigenvalue weighted by atomic mass is 10.0. The minimum atomic E-state index is -0.973. The van der Waals surface area contributed by atoms with Crippen molar-refractivity contribution in [1.29, 1.82) is 0 Å². The fraction of sp³-hybridized carbons (Fsp3) is 0.333. The summed E-state index contributed by atoms with van der Waals surface area (Å²) in [4.78, 5) is 16.6. The van der Waals surface area contributed by atoms with Crippen LogP contribution in [0.3, 0.4) is 0 Å². The highest BCUT2D eigenvalue weighted by Gasteiger charge is 2.39. The Morgan fingerprint density at radius 3 is 2.65 bits per heavy atom. The Bertz CT molecular complexity index is 566. The molecule has 1 atom stereocenters. The van der Waals surface area contributed by atoms with Crippen molar-refractivity contribution in [2.45, 2.75) is 26.3 Å². The van der Waals surface area contributed by atoms with E-state index in [2.05, 4.69) is 10.3 Å². The minimum absolute atomic E-state index is 0.324. The lowest BCUT2D eigenvalue weighted by Gasteiger charge is -2.27. The van der Waals surface area contributed by atoms with Crippen LogP contribution in [0.4, 0.5) is 5.69 Å². The molecule has 0 aliphatic heterocycles. The SMILES string of the molecule is CCOC(=O)C(C)(Nc1ccc(C)cc1)c1nccs1. The highest BCUT2D eigenvalue weighted by molar-refractivity contribution is 7.09. The number of anilines is 1. The van der Waals surface area contributed by atoms with Crippen LogP contribution >= 0.6 is 11.3 Å². The predicted molar refractivity (Wildman–Crippen MR) is 80.9 cm³/mol. The van der Waals surface area contributed by atoms with Gasteiger partial charge >= 0.3 is 5.97 Å². The van der Waals surface area contributed by atoms with Gasteiger partial charge in [-0.2, -0.15) is 0 Å². The molecule has 106 valence electrons. The topological polar surface area (TPSA) is 51.2 Å². The molecule has 0 saturated carbocycles. The fourth-order valence-electron chi connectivity index (χ4n) is 1.86. The van der Waals surface area contributed by atoms with E-state index in [9.17, 15) is 4.79 Å². The Kier molecular flexibility index (Phi) is 4.39. The summed E-state index contributed by atoms with van der Waals surface area (Å²) in [5, 5.41) is 5.79. The summed E-state index contributed by atoms with van der Waals surface area (Å²) < 4.78 is 5.19. The van der Waals surface area contributed by atoms with Crippen LogP contribution in [-0.2, 0) is 15.1 Å². The van der Waals surface area contributed by atoms with Gasteiger partial charge in [-0.3, -0.25) is 0 Å². The molecular weight excluding hydrogens is 272 g/mol. The number of carbonyl (C=O) groups is 1. The summed E-state index contributed by atoms with van der Waals surface area (Å²) in [5.74, 6) is -0.324. The van der Waals surface area contributed by atoms with Gasteiger partial charge in [-0.15, -0.1) is 11.3 Å². The summed E-state index contributed by atoms with van der Waals surface area (Å²) >= 11 is 1.43. The lowest BCUT2D eigenvalue weighted by molar-refractivity contribution is -0.148. The van der Waals surface area contributed by atoms with Crippen LogP contribution in [0, 0.1) is 6.92 Å². The number of rotatable bonds is 5. The molecule has 1 heterocycles. The first-order valence-electron chi connectivity index (χ1n) is 6.48. The standard InChI is InChI=1S/C15H18N2O2S/c1-4-19-14(18)15(3,13-16-9-10-20-13)17-12-7-5-11(2)6-8-12/h5-10,17H,4H2,1-3H3. The first-order chi connectivity index (χ1) is 9.56. The van der Waals surface area contributed by atoms with E-state index >= 15 is 0 Å². The van der Waals surface area contributed by atoms with Gasteiger partial charge in [0.1, 0.15) is 5.01 Å². The molecule has 4 nitrogen and oxygen atoms in total. The molecule has 5 heteroatoms. The third kappa shape index (κ3) is 2.99. The van der Waals surface area contributed by atoms with E-state index in [0.29, 0.717) is 11.6 Å². The van der Waals surface area contributed by atoms with Gasteiger partial charge in [0.15, 0.2) is 5.54 Å². The van der Waals surface area contributed by atoms with Gasteiger partial charge in [0, 0.05) is 17.3 Å². The van der Waals surface area contributed by atoms with Crippen molar-refractivity contribution in [3.63, 3.8) is 0 Å². The van der Waals surface area contributed by atoms with Crippen molar-refractivity contribution < 1.29 is 9.53 Å². The second-order valence-corrected chi connectivity index (χ2v) is 5.57. The molecule has 2 rings (SSSR count). The number of nitrogens with zero attached hydrogens (tertiary/aromatic N) is 1. The number of aromatic nitrogens is 1. The summed E-state index contributed by atoms with van der Waals surface area (Å²) in [6.45, 7) is 5.96. The van der Waals surface area contributed by atoms with Crippen molar-refractivity contribution in [3.8, 4) is 0 Å². The first kappa shape index (κ1) is 14.5. The number of hydrogen-bond donors (Lipinski definition) is 1. The van der Waals surface area contributed by atoms with Gasteiger partial charge in [-0.05, 0) is 32.9 Å². The molecule has 0 spiro atoms. The van der Waals surface area contributed by atoms with E-state index < -0.39 is 5.54 Å². The van der Waals surface area contributed by atoms with Gasteiger partial charge in [0.05, 0.1) is 6.61 Å². The second kappa shape index (κ2) is 6.05. The number of aryl methyl sites for hydroxylation is 1. The van der Waals surface area contributed by atoms with E-state index in [-0.39, 0.29) is 5.97 Å². The number of benzene rings is 1. The predicted octanol–water partition coefficient (Wildman–Crippen LogP) is 3.34. The molecule has 0 radical (unpaired) electrons. The van der Waals surface area contributed by atoms with Crippen molar-refractivity contribution in [2.24, 2.45) is 0 Å². The molecule has 0 bridgehead atoms. The number of carbonyl (C=O) groups excluding carboxylic acids is 1. The van der Waals surface area contributed by atoms with E-state index in [1.165, 1.54) is 16.9 Å². The van der Waals surface area contributed by atoms with E-state index in [4.69, 9.17) is 4.74 Å². The smallest absolute Gasteiger partial charge is 0.338 e. The van der Waals surface area contributed by atoms with Crippen molar-refractivity contribution >= 4 is 23.0 Å². The van der Waals surface area contributed by atoms with Crippen LogP contribution < -0.4 is 5.32 Å². The maximum atomic E-state index is 12.3. The maximum Gasteiger partial charge on any atom is 0.338 e. The zero-order valence-corrected chi connectivity index (χ0v) is 12.7. The average molecular weight is 290 g/mol. The lowest BCUT2D eigenvalue weighted by Crippen LogP contribution is -2.41.